The Morgan fingerprint density at radius 3 is 1.64 bits per heavy atom. The van der Waals surface area contributed by atoms with E-state index in [-0.39, 0.29) is 16.9 Å². The molecule has 0 aliphatic carbocycles. The third-order valence-corrected chi connectivity index (χ3v) is 3.78. The molecule has 0 aliphatic rings. The summed E-state index contributed by atoms with van der Waals surface area (Å²) in [5.74, 6) is 0.681. The van der Waals surface area contributed by atoms with Crippen LogP contribution in [0.4, 0.5) is 0 Å². The number of hydrogen-bond acceptors (Lipinski definition) is 1. The Labute approximate surface area is 89.9 Å². The van der Waals surface area contributed by atoms with Crippen molar-refractivity contribution in [2.75, 3.05) is 0 Å². The Kier molecular flexibility index (Phi) is 4.64. The molecule has 1 atom stereocenters. The van der Waals surface area contributed by atoms with Gasteiger partial charge in [0.05, 0.1) is 6.10 Å². The molecule has 0 saturated heterocycles. The summed E-state index contributed by atoms with van der Waals surface area (Å²) in [6.07, 6.45) is 1.84. The maximum absolute atomic E-state index is 10.2. The summed E-state index contributed by atoms with van der Waals surface area (Å²) >= 11 is 0. The van der Waals surface area contributed by atoms with E-state index in [0.717, 1.165) is 12.8 Å². The summed E-state index contributed by atoms with van der Waals surface area (Å²) in [5, 5.41) is 10.2. The second kappa shape index (κ2) is 4.65. The molecule has 0 amide bonds. The van der Waals surface area contributed by atoms with Crippen LogP contribution in [0.5, 0.6) is 0 Å². The first-order valence-electron chi connectivity index (χ1n) is 5.77. The zero-order chi connectivity index (χ0) is 11.6. The van der Waals surface area contributed by atoms with Crippen molar-refractivity contribution in [3.05, 3.63) is 0 Å². The Hall–Kier alpha value is -0.0400. The fourth-order valence-electron chi connectivity index (χ4n) is 1.35. The molecule has 1 unspecified atom stereocenters. The number of aliphatic hydroxyl groups excluding tert-OH is 1. The van der Waals surface area contributed by atoms with Gasteiger partial charge in [0.15, 0.2) is 0 Å². The lowest BCUT2D eigenvalue weighted by molar-refractivity contribution is -0.0339. The quantitative estimate of drug-likeness (QED) is 0.730. The Bertz CT molecular complexity index is 163. The van der Waals surface area contributed by atoms with Crippen molar-refractivity contribution in [2.24, 2.45) is 16.7 Å². The van der Waals surface area contributed by atoms with Crippen LogP contribution in [0.3, 0.4) is 0 Å². The van der Waals surface area contributed by atoms with Crippen LogP contribution in [-0.4, -0.2) is 11.2 Å². The molecular formula is C13H28O. The fourth-order valence-corrected chi connectivity index (χ4v) is 1.35. The lowest BCUT2D eigenvalue weighted by atomic mass is 9.65. The average Bonchev–Trinajstić information content (AvgIpc) is 1.97. The van der Waals surface area contributed by atoms with Crippen LogP contribution in [0.2, 0.25) is 0 Å². The van der Waals surface area contributed by atoms with Crippen molar-refractivity contribution < 1.29 is 5.11 Å². The average molecular weight is 200 g/mol. The molecule has 1 nitrogen and oxygen atoms in total. The summed E-state index contributed by atoms with van der Waals surface area (Å²) in [6, 6.07) is 0. The van der Waals surface area contributed by atoms with E-state index in [0.29, 0.717) is 5.92 Å². The second-order valence-corrected chi connectivity index (χ2v) is 6.46. The van der Waals surface area contributed by atoms with E-state index in [1.807, 2.05) is 0 Å². The molecule has 0 rings (SSSR count). The maximum atomic E-state index is 10.2. The lowest BCUT2D eigenvalue weighted by Crippen LogP contribution is -2.40. The first-order chi connectivity index (χ1) is 6.09. The van der Waals surface area contributed by atoms with E-state index in [1.54, 1.807) is 0 Å². The molecule has 0 aromatic carbocycles. The van der Waals surface area contributed by atoms with Crippen molar-refractivity contribution in [3.63, 3.8) is 0 Å². The predicted molar refractivity (Wildman–Crippen MR) is 63.3 cm³/mol. The van der Waals surface area contributed by atoms with Gasteiger partial charge in [0.25, 0.3) is 0 Å². The van der Waals surface area contributed by atoms with Crippen molar-refractivity contribution in [1.29, 1.82) is 0 Å². The van der Waals surface area contributed by atoms with E-state index in [4.69, 9.17) is 0 Å². The summed E-state index contributed by atoms with van der Waals surface area (Å²) < 4.78 is 0. The van der Waals surface area contributed by atoms with Gasteiger partial charge >= 0.3 is 0 Å². The molecule has 0 heterocycles. The molecule has 14 heavy (non-hydrogen) atoms. The molecule has 0 spiro atoms. The molecule has 0 fully saturated rings. The Morgan fingerprint density at radius 2 is 1.36 bits per heavy atom. The van der Waals surface area contributed by atoms with Gasteiger partial charge in [-0.1, -0.05) is 48.5 Å². The minimum absolute atomic E-state index is 0.0120. The minimum atomic E-state index is -0.190. The zero-order valence-corrected chi connectivity index (χ0v) is 11.0. The number of aliphatic hydroxyl groups is 1. The van der Waals surface area contributed by atoms with Gasteiger partial charge in [-0.05, 0) is 29.6 Å². The van der Waals surface area contributed by atoms with Gasteiger partial charge in [-0.15, -0.1) is 0 Å². The summed E-state index contributed by atoms with van der Waals surface area (Å²) in [4.78, 5) is 0. The Balaban J connectivity index is 4.29. The highest BCUT2D eigenvalue weighted by molar-refractivity contribution is 4.88. The highest BCUT2D eigenvalue weighted by Crippen LogP contribution is 2.42. The van der Waals surface area contributed by atoms with Crippen LogP contribution in [0.15, 0.2) is 0 Å². The minimum Gasteiger partial charge on any atom is -0.393 e. The molecule has 0 saturated carbocycles. The summed E-state index contributed by atoms with van der Waals surface area (Å²) in [5.41, 5.74) is 0.144. The van der Waals surface area contributed by atoms with Gasteiger partial charge in [-0.2, -0.15) is 0 Å². The van der Waals surface area contributed by atoms with Crippen molar-refractivity contribution in [2.45, 2.75) is 67.4 Å². The van der Waals surface area contributed by atoms with Crippen molar-refractivity contribution >= 4 is 0 Å². The predicted octanol–water partition coefficient (Wildman–Crippen LogP) is 3.86. The first kappa shape index (κ1) is 14.0. The van der Waals surface area contributed by atoms with E-state index >= 15 is 0 Å². The van der Waals surface area contributed by atoms with E-state index in [2.05, 4.69) is 48.5 Å². The summed E-state index contributed by atoms with van der Waals surface area (Å²) in [7, 11) is 0. The largest absolute Gasteiger partial charge is 0.393 e. The Morgan fingerprint density at radius 1 is 0.929 bits per heavy atom. The molecule has 1 N–H and O–H groups in total. The SMILES string of the molecule is CC(C)CCC(O)C(C)(C)C(C)(C)C. The molecule has 1 heteroatoms. The smallest absolute Gasteiger partial charge is 0.0596 e. The van der Waals surface area contributed by atoms with Crippen LogP contribution in [0.1, 0.15) is 61.3 Å². The van der Waals surface area contributed by atoms with E-state index in [1.165, 1.54) is 0 Å². The zero-order valence-electron chi connectivity index (χ0n) is 11.0. The number of hydrogen-bond donors (Lipinski definition) is 1. The van der Waals surface area contributed by atoms with Crippen LogP contribution in [-0.2, 0) is 0 Å². The number of rotatable bonds is 4. The fraction of sp³-hybridized carbons (Fsp3) is 1.00. The van der Waals surface area contributed by atoms with E-state index < -0.39 is 0 Å². The van der Waals surface area contributed by atoms with Gasteiger partial charge in [-0.25, -0.2) is 0 Å². The van der Waals surface area contributed by atoms with Gasteiger partial charge in [0.1, 0.15) is 0 Å². The van der Waals surface area contributed by atoms with Gasteiger partial charge in [0, 0.05) is 0 Å². The molecule has 0 aromatic rings. The standard InChI is InChI=1S/C13H28O/c1-10(2)8-9-11(14)13(6,7)12(3,4)5/h10-11,14H,8-9H2,1-7H3. The summed E-state index contributed by atoms with van der Waals surface area (Å²) in [6.45, 7) is 15.3. The highest BCUT2D eigenvalue weighted by Gasteiger charge is 2.38. The van der Waals surface area contributed by atoms with Gasteiger partial charge < -0.3 is 5.11 Å². The molecular weight excluding hydrogens is 172 g/mol. The molecule has 86 valence electrons. The molecule has 0 bridgehead atoms. The van der Waals surface area contributed by atoms with Crippen LogP contribution >= 0.6 is 0 Å². The second-order valence-electron chi connectivity index (χ2n) is 6.46. The van der Waals surface area contributed by atoms with Crippen LogP contribution < -0.4 is 0 Å². The molecule has 0 aliphatic heterocycles. The van der Waals surface area contributed by atoms with E-state index in [9.17, 15) is 5.11 Å². The van der Waals surface area contributed by atoms with Crippen LogP contribution in [0.25, 0.3) is 0 Å². The molecule has 0 aromatic heterocycles. The first-order valence-corrected chi connectivity index (χ1v) is 5.77. The van der Waals surface area contributed by atoms with Crippen molar-refractivity contribution in [1.82, 2.24) is 0 Å². The highest BCUT2D eigenvalue weighted by atomic mass is 16.3. The van der Waals surface area contributed by atoms with Gasteiger partial charge in [-0.3, -0.25) is 0 Å². The topological polar surface area (TPSA) is 20.2 Å². The maximum Gasteiger partial charge on any atom is 0.0596 e. The monoisotopic (exact) mass is 200 g/mol. The third-order valence-electron chi connectivity index (χ3n) is 3.78. The van der Waals surface area contributed by atoms with Crippen LogP contribution in [0, 0.1) is 16.7 Å². The molecule has 0 radical (unpaired) electrons. The van der Waals surface area contributed by atoms with Crippen molar-refractivity contribution in [3.8, 4) is 0 Å². The normalized spacial score (nSPS) is 16.1. The lowest BCUT2D eigenvalue weighted by Gasteiger charge is -2.43. The van der Waals surface area contributed by atoms with Gasteiger partial charge in [0.2, 0.25) is 0 Å². The third kappa shape index (κ3) is 3.61.